The van der Waals surface area contributed by atoms with Crippen molar-refractivity contribution < 1.29 is 5.11 Å². The quantitative estimate of drug-likeness (QED) is 0.747. The number of benzene rings is 1. The van der Waals surface area contributed by atoms with E-state index in [1.54, 1.807) is 12.1 Å². The van der Waals surface area contributed by atoms with Crippen LogP contribution in [0, 0.1) is 0 Å². The fraction of sp³-hybridized carbons (Fsp3) is 0.455. The van der Waals surface area contributed by atoms with E-state index in [1.165, 1.54) is 0 Å². The molecule has 0 aliphatic heterocycles. The SMILES string of the molecule is CC(C)NC(C)c1cccc(O)c1. The van der Waals surface area contributed by atoms with Crippen molar-refractivity contribution in [1.82, 2.24) is 5.32 Å². The second-order valence-corrected chi connectivity index (χ2v) is 3.64. The molecule has 0 bridgehead atoms. The van der Waals surface area contributed by atoms with Crippen molar-refractivity contribution in [2.24, 2.45) is 0 Å². The summed E-state index contributed by atoms with van der Waals surface area (Å²) in [5.41, 5.74) is 1.12. The van der Waals surface area contributed by atoms with Gasteiger partial charge in [-0.15, -0.1) is 0 Å². The molecule has 0 saturated heterocycles. The molecule has 1 aromatic rings. The van der Waals surface area contributed by atoms with Crippen LogP contribution in [0.3, 0.4) is 0 Å². The molecule has 1 rings (SSSR count). The Bertz CT molecular complexity index is 271. The Morgan fingerprint density at radius 2 is 1.92 bits per heavy atom. The maximum Gasteiger partial charge on any atom is 0.115 e. The van der Waals surface area contributed by atoms with Gasteiger partial charge in [0.15, 0.2) is 0 Å². The van der Waals surface area contributed by atoms with E-state index in [0.29, 0.717) is 11.8 Å². The number of nitrogens with one attached hydrogen (secondary N) is 1. The zero-order chi connectivity index (χ0) is 9.84. The lowest BCUT2D eigenvalue weighted by atomic mass is 10.1. The molecular formula is C11H17NO. The Morgan fingerprint density at radius 1 is 1.23 bits per heavy atom. The van der Waals surface area contributed by atoms with Crippen LogP contribution in [-0.4, -0.2) is 11.1 Å². The Morgan fingerprint density at radius 3 is 2.46 bits per heavy atom. The highest BCUT2D eigenvalue weighted by Gasteiger charge is 2.06. The van der Waals surface area contributed by atoms with Crippen molar-refractivity contribution in [3.63, 3.8) is 0 Å². The van der Waals surface area contributed by atoms with Gasteiger partial charge in [-0.3, -0.25) is 0 Å². The van der Waals surface area contributed by atoms with E-state index in [2.05, 4.69) is 26.1 Å². The van der Waals surface area contributed by atoms with E-state index in [4.69, 9.17) is 0 Å². The molecule has 13 heavy (non-hydrogen) atoms. The Hall–Kier alpha value is -1.02. The number of aromatic hydroxyl groups is 1. The zero-order valence-corrected chi connectivity index (χ0v) is 8.41. The van der Waals surface area contributed by atoms with Crippen molar-refractivity contribution in [3.05, 3.63) is 29.8 Å². The second kappa shape index (κ2) is 4.28. The summed E-state index contributed by atoms with van der Waals surface area (Å²) in [5.74, 6) is 0.329. The number of hydrogen-bond donors (Lipinski definition) is 2. The molecule has 0 amide bonds. The lowest BCUT2D eigenvalue weighted by Gasteiger charge is -2.17. The van der Waals surface area contributed by atoms with Gasteiger partial charge in [-0.25, -0.2) is 0 Å². The van der Waals surface area contributed by atoms with E-state index in [9.17, 15) is 5.11 Å². The van der Waals surface area contributed by atoms with Crippen molar-refractivity contribution in [2.75, 3.05) is 0 Å². The molecule has 2 nitrogen and oxygen atoms in total. The first kappa shape index (κ1) is 10.1. The van der Waals surface area contributed by atoms with Crippen LogP contribution in [-0.2, 0) is 0 Å². The third kappa shape index (κ3) is 3.07. The van der Waals surface area contributed by atoms with Crippen molar-refractivity contribution in [3.8, 4) is 5.75 Å². The van der Waals surface area contributed by atoms with Gasteiger partial charge in [0.05, 0.1) is 0 Å². The molecule has 1 unspecified atom stereocenters. The van der Waals surface area contributed by atoms with Crippen LogP contribution >= 0.6 is 0 Å². The molecule has 2 heteroatoms. The molecular weight excluding hydrogens is 162 g/mol. The van der Waals surface area contributed by atoms with Gasteiger partial charge >= 0.3 is 0 Å². The minimum absolute atomic E-state index is 0.284. The zero-order valence-electron chi connectivity index (χ0n) is 8.41. The van der Waals surface area contributed by atoms with E-state index >= 15 is 0 Å². The smallest absolute Gasteiger partial charge is 0.115 e. The highest BCUT2D eigenvalue weighted by Crippen LogP contribution is 2.17. The normalized spacial score (nSPS) is 13.2. The lowest BCUT2D eigenvalue weighted by Crippen LogP contribution is -2.25. The van der Waals surface area contributed by atoms with Crippen LogP contribution in [0.2, 0.25) is 0 Å². The summed E-state index contributed by atoms with van der Waals surface area (Å²) in [5, 5.41) is 12.6. The Kier molecular flexibility index (Phi) is 3.32. The molecule has 72 valence electrons. The molecule has 0 heterocycles. The predicted molar refractivity (Wildman–Crippen MR) is 54.8 cm³/mol. The van der Waals surface area contributed by atoms with Crippen LogP contribution in [0.25, 0.3) is 0 Å². The molecule has 0 aliphatic carbocycles. The molecule has 1 aromatic carbocycles. The average Bonchev–Trinajstić information content (AvgIpc) is 2.03. The van der Waals surface area contributed by atoms with Crippen LogP contribution in [0.15, 0.2) is 24.3 Å². The summed E-state index contributed by atoms with van der Waals surface area (Å²) < 4.78 is 0. The molecule has 2 N–H and O–H groups in total. The molecule has 0 fully saturated rings. The van der Waals surface area contributed by atoms with E-state index < -0.39 is 0 Å². The first-order valence-electron chi connectivity index (χ1n) is 4.64. The van der Waals surface area contributed by atoms with Gasteiger partial charge in [0, 0.05) is 12.1 Å². The number of phenols is 1. The Labute approximate surface area is 79.6 Å². The lowest BCUT2D eigenvalue weighted by molar-refractivity contribution is 0.468. The van der Waals surface area contributed by atoms with Crippen LogP contribution < -0.4 is 5.32 Å². The highest BCUT2D eigenvalue weighted by molar-refractivity contribution is 5.29. The summed E-state index contributed by atoms with van der Waals surface area (Å²) in [6.07, 6.45) is 0. The molecule has 0 aliphatic rings. The van der Waals surface area contributed by atoms with Crippen molar-refractivity contribution in [2.45, 2.75) is 32.9 Å². The van der Waals surface area contributed by atoms with Crippen LogP contribution in [0.5, 0.6) is 5.75 Å². The molecule has 0 radical (unpaired) electrons. The van der Waals surface area contributed by atoms with E-state index in [1.807, 2.05) is 12.1 Å². The van der Waals surface area contributed by atoms with Crippen molar-refractivity contribution in [1.29, 1.82) is 0 Å². The minimum Gasteiger partial charge on any atom is -0.508 e. The average molecular weight is 179 g/mol. The summed E-state index contributed by atoms with van der Waals surface area (Å²) in [4.78, 5) is 0. The fourth-order valence-corrected chi connectivity index (χ4v) is 1.39. The molecule has 0 saturated carbocycles. The summed E-state index contributed by atoms with van der Waals surface area (Å²) in [6.45, 7) is 6.31. The van der Waals surface area contributed by atoms with Gasteiger partial charge in [0.25, 0.3) is 0 Å². The second-order valence-electron chi connectivity index (χ2n) is 3.64. The van der Waals surface area contributed by atoms with Gasteiger partial charge in [0.1, 0.15) is 5.75 Å². The third-order valence-electron chi connectivity index (χ3n) is 1.95. The largest absolute Gasteiger partial charge is 0.508 e. The molecule has 1 atom stereocenters. The monoisotopic (exact) mass is 179 g/mol. The predicted octanol–water partition coefficient (Wildman–Crippen LogP) is 2.45. The highest BCUT2D eigenvalue weighted by atomic mass is 16.3. The third-order valence-corrected chi connectivity index (χ3v) is 1.95. The number of phenolic OH excluding ortho intramolecular Hbond substituents is 1. The van der Waals surface area contributed by atoms with Gasteiger partial charge in [0.2, 0.25) is 0 Å². The summed E-state index contributed by atoms with van der Waals surface area (Å²) in [6, 6.07) is 8.10. The van der Waals surface area contributed by atoms with Gasteiger partial charge in [-0.2, -0.15) is 0 Å². The standard InChI is InChI=1S/C11H17NO/c1-8(2)12-9(3)10-5-4-6-11(13)7-10/h4-9,12-13H,1-3H3. The molecule has 0 aromatic heterocycles. The van der Waals surface area contributed by atoms with Gasteiger partial charge in [-0.05, 0) is 24.6 Å². The number of hydrogen-bond acceptors (Lipinski definition) is 2. The van der Waals surface area contributed by atoms with E-state index in [-0.39, 0.29) is 6.04 Å². The number of rotatable bonds is 3. The van der Waals surface area contributed by atoms with Crippen LogP contribution in [0.1, 0.15) is 32.4 Å². The fourth-order valence-electron chi connectivity index (χ4n) is 1.39. The summed E-state index contributed by atoms with van der Waals surface area (Å²) in [7, 11) is 0. The van der Waals surface area contributed by atoms with Crippen molar-refractivity contribution >= 4 is 0 Å². The topological polar surface area (TPSA) is 32.3 Å². The molecule has 0 spiro atoms. The van der Waals surface area contributed by atoms with Gasteiger partial charge < -0.3 is 10.4 Å². The maximum absolute atomic E-state index is 9.27. The van der Waals surface area contributed by atoms with E-state index in [0.717, 1.165) is 5.56 Å². The van der Waals surface area contributed by atoms with Crippen LogP contribution in [0.4, 0.5) is 0 Å². The minimum atomic E-state index is 0.284. The first-order valence-corrected chi connectivity index (χ1v) is 4.64. The summed E-state index contributed by atoms with van der Waals surface area (Å²) >= 11 is 0. The Balaban J connectivity index is 2.71. The van der Waals surface area contributed by atoms with Gasteiger partial charge in [-0.1, -0.05) is 26.0 Å². The maximum atomic E-state index is 9.27. The first-order chi connectivity index (χ1) is 6.09.